The highest BCUT2D eigenvalue weighted by Gasteiger charge is 2.28. The molecule has 25 heavy (non-hydrogen) atoms. The van der Waals surface area contributed by atoms with Gasteiger partial charge in [-0.15, -0.1) is 0 Å². The van der Waals surface area contributed by atoms with Crippen molar-refractivity contribution in [1.82, 2.24) is 9.21 Å². The van der Waals surface area contributed by atoms with E-state index in [9.17, 15) is 8.42 Å². The average Bonchev–Trinajstić information content (AvgIpc) is 2.52. The summed E-state index contributed by atoms with van der Waals surface area (Å²) in [6, 6.07) is 7.75. The van der Waals surface area contributed by atoms with Gasteiger partial charge in [0.25, 0.3) is 0 Å². The summed E-state index contributed by atoms with van der Waals surface area (Å²) in [6.07, 6.45) is 4.95. The fourth-order valence-corrected chi connectivity index (χ4v) is 4.49. The molecule has 1 atom stereocenters. The smallest absolute Gasteiger partial charge is 0.235 e. The number of aryl methyl sites for hydroxylation is 1. The number of fused-ring (bicyclic) bond motifs is 1. The molecule has 1 unspecified atom stereocenters. The van der Waals surface area contributed by atoms with Crippen molar-refractivity contribution < 1.29 is 8.42 Å². The van der Waals surface area contributed by atoms with Gasteiger partial charge in [-0.05, 0) is 69.7 Å². The van der Waals surface area contributed by atoms with E-state index in [4.69, 9.17) is 0 Å². The van der Waals surface area contributed by atoms with E-state index in [0.717, 1.165) is 24.8 Å². The zero-order valence-corrected chi connectivity index (χ0v) is 17.2. The third kappa shape index (κ3) is 4.72. The van der Waals surface area contributed by atoms with Gasteiger partial charge in [-0.25, -0.2) is 12.7 Å². The largest absolute Gasteiger partial charge is 0.295 e. The van der Waals surface area contributed by atoms with Crippen LogP contribution in [0.3, 0.4) is 0 Å². The molecule has 1 aromatic carbocycles. The summed E-state index contributed by atoms with van der Waals surface area (Å²) in [5, 5.41) is 1.31. The Balaban J connectivity index is 2.33. The fraction of sp³-hybridized carbons (Fsp3) is 0.600. The van der Waals surface area contributed by atoms with Crippen molar-refractivity contribution in [3.8, 4) is 0 Å². The van der Waals surface area contributed by atoms with E-state index in [-0.39, 0.29) is 0 Å². The van der Waals surface area contributed by atoms with Crippen molar-refractivity contribution in [2.24, 2.45) is 0 Å². The molecule has 0 N–H and O–H groups in total. The van der Waals surface area contributed by atoms with Gasteiger partial charge in [0, 0.05) is 37.6 Å². The lowest BCUT2D eigenvalue weighted by Crippen LogP contribution is -2.47. The first-order valence-electron chi connectivity index (χ1n) is 9.12. The molecule has 0 radical (unpaired) electrons. The molecule has 0 spiro atoms. The predicted molar refractivity (Wildman–Crippen MR) is 106 cm³/mol. The first-order valence-corrected chi connectivity index (χ1v) is 10.6. The van der Waals surface area contributed by atoms with Gasteiger partial charge in [0.15, 0.2) is 0 Å². The summed E-state index contributed by atoms with van der Waals surface area (Å²) in [5.41, 5.74) is 3.68. The summed E-state index contributed by atoms with van der Waals surface area (Å²) < 4.78 is 25.3. The summed E-state index contributed by atoms with van der Waals surface area (Å²) in [7, 11) is -0.228. The highest BCUT2D eigenvalue weighted by molar-refractivity contribution is 7.92. The summed E-state index contributed by atoms with van der Waals surface area (Å²) in [6.45, 7) is 9.02. The van der Waals surface area contributed by atoms with E-state index in [1.54, 1.807) is 20.2 Å². The molecule has 0 aromatic heterocycles. The predicted octanol–water partition coefficient (Wildman–Crippen LogP) is 3.52. The minimum absolute atomic E-state index is 0.503. The van der Waals surface area contributed by atoms with Gasteiger partial charge >= 0.3 is 0 Å². The third-order valence-electron chi connectivity index (χ3n) is 5.04. The molecule has 0 heterocycles. The van der Waals surface area contributed by atoms with Gasteiger partial charge in [-0.1, -0.05) is 18.2 Å². The van der Waals surface area contributed by atoms with E-state index in [1.807, 2.05) is 12.1 Å². The van der Waals surface area contributed by atoms with Gasteiger partial charge < -0.3 is 0 Å². The molecule has 1 aromatic rings. The number of hydrogen-bond donors (Lipinski definition) is 0. The Bertz CT molecular complexity index is 713. The minimum atomic E-state index is -3.34. The summed E-state index contributed by atoms with van der Waals surface area (Å²) in [5.74, 6) is 0. The summed E-state index contributed by atoms with van der Waals surface area (Å²) >= 11 is 0. The van der Waals surface area contributed by atoms with Crippen LogP contribution in [0.5, 0.6) is 0 Å². The second-order valence-corrected chi connectivity index (χ2v) is 9.68. The van der Waals surface area contributed by atoms with E-state index < -0.39 is 10.0 Å². The van der Waals surface area contributed by atoms with Crippen LogP contribution in [-0.2, 0) is 22.9 Å². The molecule has 5 heteroatoms. The SMILES string of the molecule is CC(C)N(C(C)C)C1CCc2cccc(/C=C/S(=O)(=O)N(C)C)c2C1. The molecule has 1 aliphatic rings. The topological polar surface area (TPSA) is 40.6 Å². The van der Waals surface area contributed by atoms with E-state index >= 15 is 0 Å². The van der Waals surface area contributed by atoms with Crippen molar-refractivity contribution in [3.63, 3.8) is 0 Å². The Kier molecular flexibility index (Phi) is 6.46. The Morgan fingerprint density at radius 1 is 1.12 bits per heavy atom. The van der Waals surface area contributed by atoms with Crippen molar-refractivity contribution in [3.05, 3.63) is 40.3 Å². The second-order valence-electron chi connectivity index (χ2n) is 7.65. The number of sulfonamides is 1. The number of benzene rings is 1. The van der Waals surface area contributed by atoms with Gasteiger partial charge in [0.05, 0.1) is 0 Å². The van der Waals surface area contributed by atoms with Crippen LogP contribution in [0.25, 0.3) is 6.08 Å². The first-order chi connectivity index (χ1) is 11.6. The Labute approximate surface area is 153 Å². The van der Waals surface area contributed by atoms with Crippen molar-refractivity contribution in [2.75, 3.05) is 14.1 Å². The molecule has 0 bridgehead atoms. The maximum Gasteiger partial charge on any atom is 0.235 e. The van der Waals surface area contributed by atoms with Crippen LogP contribution in [0.2, 0.25) is 0 Å². The molecule has 0 saturated heterocycles. The molecule has 140 valence electrons. The van der Waals surface area contributed by atoms with Crippen LogP contribution in [0, 0.1) is 0 Å². The van der Waals surface area contributed by atoms with Crippen molar-refractivity contribution in [2.45, 2.75) is 65.1 Å². The van der Waals surface area contributed by atoms with Crippen molar-refractivity contribution >= 4 is 16.1 Å². The van der Waals surface area contributed by atoms with Gasteiger partial charge in [-0.3, -0.25) is 4.90 Å². The lowest BCUT2D eigenvalue weighted by atomic mass is 9.84. The summed E-state index contributed by atoms with van der Waals surface area (Å²) in [4.78, 5) is 2.58. The van der Waals surface area contributed by atoms with Crippen LogP contribution in [0.15, 0.2) is 23.6 Å². The van der Waals surface area contributed by atoms with Crippen LogP contribution < -0.4 is 0 Å². The maximum absolute atomic E-state index is 12.1. The van der Waals surface area contributed by atoms with Gasteiger partial charge in [0.1, 0.15) is 0 Å². The van der Waals surface area contributed by atoms with Gasteiger partial charge in [-0.2, -0.15) is 0 Å². The number of nitrogens with zero attached hydrogens (tertiary/aromatic N) is 2. The zero-order chi connectivity index (χ0) is 18.8. The molecule has 1 aliphatic carbocycles. The van der Waals surface area contributed by atoms with Gasteiger partial charge in [0.2, 0.25) is 10.0 Å². The molecule has 2 rings (SSSR count). The number of rotatable bonds is 6. The normalized spacial score (nSPS) is 18.7. The monoisotopic (exact) mass is 364 g/mol. The zero-order valence-electron chi connectivity index (χ0n) is 16.4. The van der Waals surface area contributed by atoms with Crippen LogP contribution in [0.4, 0.5) is 0 Å². The second kappa shape index (κ2) is 8.02. The molecular weight excluding hydrogens is 332 g/mol. The quantitative estimate of drug-likeness (QED) is 0.775. The number of hydrogen-bond acceptors (Lipinski definition) is 3. The highest BCUT2D eigenvalue weighted by Crippen LogP contribution is 2.30. The lowest BCUT2D eigenvalue weighted by Gasteiger charge is -2.41. The van der Waals surface area contributed by atoms with Crippen LogP contribution in [0.1, 0.15) is 50.8 Å². The van der Waals surface area contributed by atoms with E-state index in [2.05, 4.69) is 38.7 Å². The lowest BCUT2D eigenvalue weighted by molar-refractivity contribution is 0.102. The molecular formula is C20H32N2O2S. The van der Waals surface area contributed by atoms with E-state index in [0.29, 0.717) is 18.1 Å². The first kappa shape index (κ1) is 20.1. The average molecular weight is 365 g/mol. The molecule has 0 fully saturated rings. The van der Waals surface area contributed by atoms with Crippen LogP contribution in [-0.4, -0.2) is 49.8 Å². The molecule has 0 amide bonds. The third-order valence-corrected chi connectivity index (χ3v) is 6.54. The standard InChI is InChI=1S/C20H32N2O2S/c1-15(2)22(16(3)4)19-11-10-17-8-7-9-18(20(17)14-19)12-13-25(23,24)21(5)6/h7-9,12-13,15-16,19H,10-11,14H2,1-6H3/b13-12+. The molecule has 4 nitrogen and oxygen atoms in total. The molecule has 0 saturated carbocycles. The fourth-order valence-electron chi connectivity index (χ4n) is 3.93. The maximum atomic E-state index is 12.1. The minimum Gasteiger partial charge on any atom is -0.295 e. The Morgan fingerprint density at radius 3 is 2.32 bits per heavy atom. The van der Waals surface area contributed by atoms with Crippen LogP contribution >= 0.6 is 0 Å². The van der Waals surface area contributed by atoms with Crippen molar-refractivity contribution in [1.29, 1.82) is 0 Å². The Hall–Kier alpha value is -1.17. The molecule has 0 aliphatic heterocycles. The highest BCUT2D eigenvalue weighted by atomic mass is 32.2. The van der Waals surface area contributed by atoms with E-state index in [1.165, 1.54) is 20.8 Å². The Morgan fingerprint density at radius 2 is 1.76 bits per heavy atom.